The van der Waals surface area contributed by atoms with E-state index in [-0.39, 0.29) is 5.54 Å². The molecule has 86 valence electrons. The molecule has 1 unspecified atom stereocenters. The molecule has 0 aliphatic rings. The van der Waals surface area contributed by atoms with Gasteiger partial charge in [-0.25, -0.2) is 0 Å². The molecule has 1 rings (SSSR count). The zero-order valence-corrected chi connectivity index (χ0v) is 10.8. The molecule has 1 heterocycles. The third-order valence-electron chi connectivity index (χ3n) is 2.80. The van der Waals surface area contributed by atoms with E-state index in [4.69, 9.17) is 5.73 Å². The Kier molecular flexibility index (Phi) is 4.77. The van der Waals surface area contributed by atoms with E-state index in [2.05, 4.69) is 43.2 Å². The Morgan fingerprint density at radius 1 is 1.47 bits per heavy atom. The molecule has 1 aromatic heterocycles. The smallest absolute Gasteiger partial charge is 0.0328 e. The molecule has 0 saturated carbocycles. The van der Waals surface area contributed by atoms with Gasteiger partial charge in [-0.15, -0.1) is 11.3 Å². The molecule has 1 atom stereocenters. The lowest BCUT2D eigenvalue weighted by molar-refractivity contribution is 0.216. The van der Waals surface area contributed by atoms with Crippen molar-refractivity contribution in [2.45, 2.75) is 39.3 Å². The minimum atomic E-state index is -0.0622. The van der Waals surface area contributed by atoms with Gasteiger partial charge in [-0.3, -0.25) is 4.90 Å². The second-order valence-corrected chi connectivity index (χ2v) is 5.42. The summed E-state index contributed by atoms with van der Waals surface area (Å²) in [6.45, 7) is 9.53. The molecule has 1 aromatic rings. The largest absolute Gasteiger partial charge is 0.324 e. The predicted molar refractivity (Wildman–Crippen MR) is 68.2 cm³/mol. The number of nitrogens with two attached hydrogens (primary N) is 1. The third-order valence-corrected chi connectivity index (χ3v) is 3.66. The van der Waals surface area contributed by atoms with Gasteiger partial charge in [0.1, 0.15) is 0 Å². The Bertz CT molecular complexity index is 267. The van der Waals surface area contributed by atoms with Gasteiger partial charge in [0, 0.05) is 23.5 Å². The first-order chi connectivity index (χ1) is 7.07. The van der Waals surface area contributed by atoms with Crippen molar-refractivity contribution in [1.29, 1.82) is 0 Å². The summed E-state index contributed by atoms with van der Waals surface area (Å²) in [6.07, 6.45) is 1.02. The van der Waals surface area contributed by atoms with Crippen LogP contribution in [-0.2, 0) is 6.54 Å². The molecule has 2 nitrogen and oxygen atoms in total. The zero-order valence-electron chi connectivity index (χ0n) is 9.99. The van der Waals surface area contributed by atoms with Crippen LogP contribution in [-0.4, -0.2) is 23.5 Å². The molecule has 0 bridgehead atoms. The Morgan fingerprint density at radius 3 is 2.67 bits per heavy atom. The highest BCUT2D eigenvalue weighted by atomic mass is 32.1. The van der Waals surface area contributed by atoms with Crippen molar-refractivity contribution < 1.29 is 0 Å². The summed E-state index contributed by atoms with van der Waals surface area (Å²) in [4.78, 5) is 3.83. The number of rotatable bonds is 6. The van der Waals surface area contributed by atoms with E-state index >= 15 is 0 Å². The summed E-state index contributed by atoms with van der Waals surface area (Å²) in [5.74, 6) is 0. The predicted octanol–water partition coefficient (Wildman–Crippen LogP) is 2.70. The van der Waals surface area contributed by atoms with Crippen LogP contribution in [0.15, 0.2) is 17.5 Å². The van der Waals surface area contributed by atoms with Gasteiger partial charge in [0.15, 0.2) is 0 Å². The van der Waals surface area contributed by atoms with Crippen LogP contribution in [0.1, 0.15) is 32.1 Å². The fourth-order valence-electron chi connectivity index (χ4n) is 1.53. The summed E-state index contributed by atoms with van der Waals surface area (Å²) in [5, 5.41) is 2.13. The van der Waals surface area contributed by atoms with Crippen molar-refractivity contribution >= 4 is 11.3 Å². The summed E-state index contributed by atoms with van der Waals surface area (Å²) in [5.41, 5.74) is 6.12. The van der Waals surface area contributed by atoms with Crippen LogP contribution in [0.25, 0.3) is 0 Å². The summed E-state index contributed by atoms with van der Waals surface area (Å²) < 4.78 is 0. The van der Waals surface area contributed by atoms with E-state index in [0.29, 0.717) is 0 Å². The van der Waals surface area contributed by atoms with E-state index in [1.165, 1.54) is 4.88 Å². The van der Waals surface area contributed by atoms with Gasteiger partial charge in [0.2, 0.25) is 0 Å². The van der Waals surface area contributed by atoms with Crippen LogP contribution in [0.4, 0.5) is 0 Å². The molecule has 0 fully saturated rings. The average Bonchev–Trinajstić information content (AvgIpc) is 2.69. The Hall–Kier alpha value is -0.380. The lowest BCUT2D eigenvalue weighted by Gasteiger charge is -2.30. The molecule has 0 radical (unpaired) electrons. The van der Waals surface area contributed by atoms with Gasteiger partial charge >= 0.3 is 0 Å². The van der Waals surface area contributed by atoms with Crippen LogP contribution < -0.4 is 5.73 Å². The van der Waals surface area contributed by atoms with E-state index in [9.17, 15) is 0 Å². The van der Waals surface area contributed by atoms with Crippen molar-refractivity contribution in [1.82, 2.24) is 4.90 Å². The van der Waals surface area contributed by atoms with E-state index < -0.39 is 0 Å². The maximum absolute atomic E-state index is 6.18. The molecule has 0 aliphatic carbocycles. The molecule has 3 heteroatoms. The Labute approximate surface area is 97.1 Å². The highest BCUT2D eigenvalue weighted by molar-refractivity contribution is 7.09. The fourth-order valence-corrected chi connectivity index (χ4v) is 2.27. The van der Waals surface area contributed by atoms with Gasteiger partial charge in [0.25, 0.3) is 0 Å². The molecular formula is C12H22N2S. The van der Waals surface area contributed by atoms with Crippen LogP contribution in [0.3, 0.4) is 0 Å². The summed E-state index contributed by atoms with van der Waals surface area (Å²) in [7, 11) is 0. The van der Waals surface area contributed by atoms with E-state index in [1.807, 2.05) is 11.3 Å². The van der Waals surface area contributed by atoms with Crippen LogP contribution in [0, 0.1) is 0 Å². The monoisotopic (exact) mass is 226 g/mol. The number of thiophene rings is 1. The molecule has 0 aromatic carbocycles. The van der Waals surface area contributed by atoms with Gasteiger partial charge in [-0.1, -0.05) is 19.9 Å². The van der Waals surface area contributed by atoms with Crippen LogP contribution in [0.5, 0.6) is 0 Å². The molecule has 0 saturated heterocycles. The zero-order chi connectivity index (χ0) is 11.3. The third kappa shape index (κ3) is 4.33. The van der Waals surface area contributed by atoms with Gasteiger partial charge in [-0.05, 0) is 31.3 Å². The Morgan fingerprint density at radius 2 is 2.20 bits per heavy atom. The van der Waals surface area contributed by atoms with Crippen molar-refractivity contribution in [2.75, 3.05) is 13.1 Å². The second kappa shape index (κ2) is 5.64. The Balaban J connectivity index is 2.50. The first-order valence-electron chi connectivity index (χ1n) is 5.61. The van der Waals surface area contributed by atoms with E-state index in [1.54, 1.807) is 0 Å². The highest BCUT2D eigenvalue weighted by Gasteiger charge is 2.19. The maximum Gasteiger partial charge on any atom is 0.0328 e. The highest BCUT2D eigenvalue weighted by Crippen LogP contribution is 2.14. The van der Waals surface area contributed by atoms with Gasteiger partial charge in [0.05, 0.1) is 0 Å². The second-order valence-electron chi connectivity index (χ2n) is 4.39. The topological polar surface area (TPSA) is 29.3 Å². The van der Waals surface area contributed by atoms with Crippen LogP contribution >= 0.6 is 11.3 Å². The normalized spacial score (nSPS) is 15.5. The first-order valence-corrected chi connectivity index (χ1v) is 6.49. The quantitative estimate of drug-likeness (QED) is 0.808. The molecule has 2 N–H and O–H groups in total. The molecule has 0 spiro atoms. The minimum Gasteiger partial charge on any atom is -0.324 e. The standard InChI is InChI=1S/C12H22N2S/c1-4-12(3,13)10-14(5-2)9-11-7-6-8-15-11/h6-8H,4-5,9-10,13H2,1-3H3. The molecule has 15 heavy (non-hydrogen) atoms. The lowest BCUT2D eigenvalue weighted by Crippen LogP contribution is -2.47. The molecule has 0 aliphatic heterocycles. The summed E-state index contributed by atoms with van der Waals surface area (Å²) >= 11 is 1.82. The van der Waals surface area contributed by atoms with Crippen molar-refractivity contribution in [3.63, 3.8) is 0 Å². The maximum atomic E-state index is 6.18. The number of hydrogen-bond acceptors (Lipinski definition) is 3. The van der Waals surface area contributed by atoms with E-state index in [0.717, 1.165) is 26.1 Å². The van der Waals surface area contributed by atoms with Gasteiger partial charge < -0.3 is 5.73 Å². The van der Waals surface area contributed by atoms with Gasteiger partial charge in [-0.2, -0.15) is 0 Å². The number of likely N-dealkylation sites (N-methyl/N-ethyl adjacent to an activating group) is 1. The van der Waals surface area contributed by atoms with Crippen molar-refractivity contribution in [3.8, 4) is 0 Å². The molecular weight excluding hydrogens is 204 g/mol. The SMILES string of the molecule is CCN(Cc1cccs1)CC(C)(N)CC. The van der Waals surface area contributed by atoms with Crippen molar-refractivity contribution in [3.05, 3.63) is 22.4 Å². The fraction of sp³-hybridized carbons (Fsp3) is 0.667. The number of nitrogens with zero attached hydrogens (tertiary/aromatic N) is 1. The average molecular weight is 226 g/mol. The van der Waals surface area contributed by atoms with Crippen LogP contribution in [0.2, 0.25) is 0 Å². The van der Waals surface area contributed by atoms with Crippen molar-refractivity contribution in [2.24, 2.45) is 5.73 Å². The minimum absolute atomic E-state index is 0.0622. The first kappa shape index (κ1) is 12.7. The molecule has 0 amide bonds. The lowest BCUT2D eigenvalue weighted by atomic mass is 10.00. The number of hydrogen-bond donors (Lipinski definition) is 1. The summed E-state index contributed by atoms with van der Waals surface area (Å²) in [6, 6.07) is 4.29.